The van der Waals surface area contributed by atoms with E-state index in [9.17, 15) is 4.57 Å². The van der Waals surface area contributed by atoms with Crippen molar-refractivity contribution in [1.82, 2.24) is 4.98 Å². The van der Waals surface area contributed by atoms with Gasteiger partial charge in [-0.25, -0.2) is 4.98 Å². The van der Waals surface area contributed by atoms with Crippen molar-refractivity contribution in [3.05, 3.63) is 72.1 Å². The number of hydrogen-bond acceptors (Lipinski definition) is 5. The zero-order valence-electron chi connectivity index (χ0n) is 15.7. The van der Waals surface area contributed by atoms with Gasteiger partial charge >= 0.3 is 0 Å². The smallest absolute Gasteiger partial charge is 0.284 e. The topological polar surface area (TPSA) is 55.6 Å². The summed E-state index contributed by atoms with van der Waals surface area (Å²) in [6.07, 6.45) is 3.68. The summed E-state index contributed by atoms with van der Waals surface area (Å²) in [4.78, 5) is 6.29. The molecule has 140 valence electrons. The molecule has 0 unspecified atom stereocenters. The summed E-state index contributed by atoms with van der Waals surface area (Å²) < 4.78 is 25.5. The van der Waals surface area contributed by atoms with Gasteiger partial charge in [-0.2, -0.15) is 0 Å². The van der Waals surface area contributed by atoms with Crippen LogP contribution in [0, 0.1) is 0 Å². The second-order valence-electron chi connectivity index (χ2n) is 6.12. The molecule has 1 aromatic heterocycles. The molecule has 0 aliphatic carbocycles. The zero-order valence-corrected chi connectivity index (χ0v) is 16.6. The molecule has 3 rings (SSSR count). The molecule has 0 spiro atoms. The first-order valence-electron chi connectivity index (χ1n) is 8.76. The number of aromatic nitrogens is 1. The van der Waals surface area contributed by atoms with E-state index in [1.165, 1.54) is 0 Å². The molecule has 0 aliphatic heterocycles. The highest BCUT2D eigenvalue weighted by atomic mass is 31.2. The molecule has 0 saturated carbocycles. The van der Waals surface area contributed by atoms with Gasteiger partial charge in [-0.3, -0.25) is 4.57 Å². The quantitative estimate of drug-likeness (QED) is 0.574. The van der Waals surface area contributed by atoms with E-state index in [1.54, 1.807) is 23.1 Å². The third-order valence-electron chi connectivity index (χ3n) is 3.92. The molecule has 2 aromatic carbocycles. The van der Waals surface area contributed by atoms with E-state index in [0.717, 1.165) is 5.56 Å². The van der Waals surface area contributed by atoms with Crippen molar-refractivity contribution < 1.29 is 13.5 Å². The van der Waals surface area contributed by atoms with Crippen LogP contribution in [0.4, 0.5) is 5.88 Å². The molecule has 27 heavy (non-hydrogen) atoms. The minimum atomic E-state index is -3.37. The molecule has 0 amide bonds. The number of hydrogen-bond donors (Lipinski definition) is 0. The van der Waals surface area contributed by atoms with Crippen molar-refractivity contribution in [2.75, 3.05) is 25.6 Å². The van der Waals surface area contributed by atoms with E-state index in [-0.39, 0.29) is 0 Å². The zero-order chi connectivity index (χ0) is 19.3. The van der Waals surface area contributed by atoms with Crippen LogP contribution in [0.2, 0.25) is 0 Å². The lowest BCUT2D eigenvalue weighted by Crippen LogP contribution is -2.24. The molecule has 0 aliphatic rings. The molecule has 1 atom stereocenters. The maximum Gasteiger partial charge on any atom is 0.284 e. The summed E-state index contributed by atoms with van der Waals surface area (Å²) in [6, 6.07) is 19.0. The van der Waals surface area contributed by atoms with E-state index in [2.05, 4.69) is 4.98 Å². The Morgan fingerprint density at radius 3 is 2.26 bits per heavy atom. The molecule has 0 N–H and O–H groups in total. The van der Waals surface area contributed by atoms with Gasteiger partial charge in [0, 0.05) is 25.5 Å². The fourth-order valence-corrected chi connectivity index (χ4v) is 4.84. The molecule has 0 radical (unpaired) electrons. The Balaban J connectivity index is 2.06. The maximum atomic E-state index is 13.8. The average Bonchev–Trinajstić information content (AvgIpc) is 3.13. The van der Waals surface area contributed by atoms with E-state index in [0.29, 0.717) is 29.1 Å². The minimum absolute atomic E-state index is 0.307. The van der Waals surface area contributed by atoms with Gasteiger partial charge in [-0.1, -0.05) is 48.5 Å². The molecular weight excluding hydrogens is 359 g/mol. The average molecular weight is 382 g/mol. The highest BCUT2D eigenvalue weighted by Crippen LogP contribution is 2.46. The van der Waals surface area contributed by atoms with Crippen molar-refractivity contribution in [2.24, 2.45) is 0 Å². The molecule has 1 heterocycles. The Labute approximate surface area is 159 Å². The Bertz CT molecular complexity index is 950. The van der Waals surface area contributed by atoms with Crippen LogP contribution >= 0.6 is 7.37 Å². The third-order valence-corrected chi connectivity index (χ3v) is 6.37. The predicted molar refractivity (Wildman–Crippen MR) is 111 cm³/mol. The molecule has 3 aromatic rings. The van der Waals surface area contributed by atoms with Gasteiger partial charge in [0.05, 0.1) is 6.61 Å². The summed E-state index contributed by atoms with van der Waals surface area (Å²) in [5.74, 6) is 0.816. The molecule has 0 fully saturated rings. The Morgan fingerprint density at radius 1 is 1.04 bits per heavy atom. The Hall–Kier alpha value is -2.62. The van der Waals surface area contributed by atoms with Crippen molar-refractivity contribution in [2.45, 2.75) is 6.92 Å². The van der Waals surface area contributed by atoms with Gasteiger partial charge in [0.2, 0.25) is 11.8 Å². The summed E-state index contributed by atoms with van der Waals surface area (Å²) in [7, 11) is 0.288. The van der Waals surface area contributed by atoms with Crippen LogP contribution in [0.3, 0.4) is 0 Å². The van der Waals surface area contributed by atoms with E-state index in [4.69, 9.17) is 8.94 Å². The van der Waals surface area contributed by atoms with Crippen molar-refractivity contribution >= 4 is 36.1 Å². The van der Waals surface area contributed by atoms with E-state index < -0.39 is 7.37 Å². The SMILES string of the molecule is CCO[P@@](=O)(c1ccccc1)c1nc(/C=C/c2ccccc2)oc1N(C)C. The van der Waals surface area contributed by atoms with Crippen LogP contribution in [-0.4, -0.2) is 25.7 Å². The number of benzene rings is 2. The molecule has 0 bridgehead atoms. The number of anilines is 1. The summed E-state index contributed by atoms with van der Waals surface area (Å²) in [5, 5.41) is 0.599. The Kier molecular flexibility index (Phi) is 5.94. The predicted octanol–water partition coefficient (Wildman–Crippen LogP) is 4.18. The number of rotatable bonds is 7. The minimum Gasteiger partial charge on any atom is -0.420 e. The first-order chi connectivity index (χ1) is 13.0. The molecular formula is C21H23N2O3P. The summed E-state index contributed by atoms with van der Waals surface area (Å²) >= 11 is 0. The number of oxazole rings is 1. The van der Waals surface area contributed by atoms with Crippen LogP contribution in [0.15, 0.2) is 65.1 Å². The highest BCUT2D eigenvalue weighted by Gasteiger charge is 2.36. The summed E-state index contributed by atoms with van der Waals surface area (Å²) in [5.41, 5.74) is 1.35. The van der Waals surface area contributed by atoms with Gasteiger partial charge in [0.25, 0.3) is 7.37 Å². The van der Waals surface area contributed by atoms with Crippen LogP contribution in [0.1, 0.15) is 18.4 Å². The third kappa shape index (κ3) is 4.21. The first kappa shape index (κ1) is 19.2. The Morgan fingerprint density at radius 2 is 1.67 bits per heavy atom. The van der Waals surface area contributed by atoms with Crippen molar-refractivity contribution in [1.29, 1.82) is 0 Å². The highest BCUT2D eigenvalue weighted by molar-refractivity contribution is 7.74. The largest absolute Gasteiger partial charge is 0.420 e. The van der Waals surface area contributed by atoms with E-state index in [1.807, 2.05) is 75.6 Å². The van der Waals surface area contributed by atoms with Crippen LogP contribution < -0.4 is 15.6 Å². The van der Waals surface area contributed by atoms with Crippen molar-refractivity contribution in [3.8, 4) is 0 Å². The van der Waals surface area contributed by atoms with Gasteiger partial charge in [-0.05, 0) is 30.7 Å². The number of nitrogens with zero attached hydrogens (tertiary/aromatic N) is 2. The van der Waals surface area contributed by atoms with Gasteiger partial charge in [-0.15, -0.1) is 0 Å². The molecule has 6 heteroatoms. The fourth-order valence-electron chi connectivity index (χ4n) is 2.67. The second-order valence-corrected chi connectivity index (χ2v) is 8.43. The second kappa shape index (κ2) is 8.38. The lowest BCUT2D eigenvalue weighted by atomic mass is 10.2. The molecule has 5 nitrogen and oxygen atoms in total. The molecule has 0 saturated heterocycles. The standard InChI is InChI=1S/C21H23N2O3P/c1-4-25-27(24,18-13-9-6-10-14-18)20-21(23(2)3)26-19(22-20)16-15-17-11-7-5-8-12-17/h5-16H,4H2,1-3H3/b16-15+/t27-/m0/s1. The van der Waals surface area contributed by atoms with Crippen LogP contribution in [0.5, 0.6) is 0 Å². The monoisotopic (exact) mass is 382 g/mol. The lowest BCUT2D eigenvalue weighted by Gasteiger charge is -2.18. The fraction of sp³-hybridized carbons (Fsp3) is 0.190. The van der Waals surface area contributed by atoms with Crippen molar-refractivity contribution in [3.63, 3.8) is 0 Å². The van der Waals surface area contributed by atoms with Crippen LogP contribution in [-0.2, 0) is 9.09 Å². The van der Waals surface area contributed by atoms with Gasteiger partial charge in [0.1, 0.15) is 0 Å². The van der Waals surface area contributed by atoms with Gasteiger partial charge < -0.3 is 13.8 Å². The van der Waals surface area contributed by atoms with Gasteiger partial charge in [0.15, 0.2) is 5.44 Å². The maximum absolute atomic E-state index is 13.8. The lowest BCUT2D eigenvalue weighted by molar-refractivity contribution is 0.347. The van der Waals surface area contributed by atoms with E-state index >= 15 is 0 Å². The normalized spacial score (nSPS) is 13.6. The first-order valence-corrected chi connectivity index (χ1v) is 10.4. The van der Waals surface area contributed by atoms with Crippen LogP contribution in [0.25, 0.3) is 12.2 Å². The summed E-state index contributed by atoms with van der Waals surface area (Å²) in [6.45, 7) is 2.13.